The average molecular weight is 364 g/mol. The van der Waals surface area contributed by atoms with Crippen LogP contribution in [0, 0.1) is 12.7 Å². The van der Waals surface area contributed by atoms with Gasteiger partial charge in [0, 0.05) is 11.9 Å². The minimum atomic E-state index is -0.501. The highest BCUT2D eigenvalue weighted by atomic mass is 19.1. The number of nitrogens with one attached hydrogen (secondary N) is 2. The first-order valence-corrected chi connectivity index (χ1v) is 8.71. The Balaban J connectivity index is 1.85. The van der Waals surface area contributed by atoms with Crippen molar-refractivity contribution >= 4 is 23.2 Å². The lowest BCUT2D eigenvalue weighted by Crippen LogP contribution is -2.15. The Hall–Kier alpha value is -3.28. The summed E-state index contributed by atoms with van der Waals surface area (Å²) in [6.45, 7) is 6.22. The quantitative estimate of drug-likeness (QED) is 0.665. The number of carbonyl (C=O) groups excluding carboxylic acids is 1. The Morgan fingerprint density at radius 1 is 1.07 bits per heavy atom. The van der Waals surface area contributed by atoms with Gasteiger partial charge in [-0.25, -0.2) is 14.4 Å². The molecule has 0 aliphatic heterocycles. The fraction of sp³-hybridized carbons (Fsp3) is 0.190. The van der Waals surface area contributed by atoms with Gasteiger partial charge in [0.2, 0.25) is 5.95 Å². The van der Waals surface area contributed by atoms with Crippen molar-refractivity contribution in [2.75, 3.05) is 10.6 Å². The van der Waals surface area contributed by atoms with E-state index in [1.54, 1.807) is 12.1 Å². The van der Waals surface area contributed by atoms with Crippen molar-refractivity contribution in [1.82, 2.24) is 9.97 Å². The van der Waals surface area contributed by atoms with Crippen molar-refractivity contribution in [3.63, 3.8) is 0 Å². The van der Waals surface area contributed by atoms with Crippen LogP contribution >= 0.6 is 0 Å². The Morgan fingerprint density at radius 3 is 2.59 bits per heavy atom. The number of aryl methyl sites for hydroxylation is 1. The van der Waals surface area contributed by atoms with Gasteiger partial charge in [0.05, 0.1) is 5.69 Å². The standard InChI is InChI=1S/C21H21FN4O/c1-13(2)15-8-6-7-14(3)19(15)26-21-23-12-11-18(25-21)20(27)24-17-10-5-4-9-16(17)22/h4-13H,1-3H3,(H,24,27)(H,23,25,26). The molecule has 0 atom stereocenters. The molecule has 6 heteroatoms. The minimum Gasteiger partial charge on any atom is -0.324 e. The maximum absolute atomic E-state index is 13.7. The summed E-state index contributed by atoms with van der Waals surface area (Å²) in [6, 6.07) is 13.5. The monoisotopic (exact) mass is 364 g/mol. The number of hydrogen-bond acceptors (Lipinski definition) is 4. The summed E-state index contributed by atoms with van der Waals surface area (Å²) in [7, 11) is 0. The van der Waals surface area contributed by atoms with Crippen LogP contribution in [0.5, 0.6) is 0 Å². The smallest absolute Gasteiger partial charge is 0.274 e. The van der Waals surface area contributed by atoms with E-state index < -0.39 is 11.7 Å². The lowest BCUT2D eigenvalue weighted by Gasteiger charge is -2.16. The number of rotatable bonds is 5. The number of amides is 1. The number of carbonyl (C=O) groups is 1. The Kier molecular flexibility index (Phi) is 5.45. The zero-order chi connectivity index (χ0) is 19.4. The second-order valence-corrected chi connectivity index (χ2v) is 6.52. The molecule has 3 rings (SSSR count). The van der Waals surface area contributed by atoms with Gasteiger partial charge in [-0.2, -0.15) is 0 Å². The first kappa shape index (κ1) is 18.5. The third-order valence-corrected chi connectivity index (χ3v) is 4.17. The fourth-order valence-corrected chi connectivity index (χ4v) is 2.75. The maximum Gasteiger partial charge on any atom is 0.274 e. The van der Waals surface area contributed by atoms with Crippen molar-refractivity contribution in [3.8, 4) is 0 Å². The van der Waals surface area contributed by atoms with Gasteiger partial charge in [-0.3, -0.25) is 4.79 Å². The van der Waals surface area contributed by atoms with E-state index in [0.29, 0.717) is 11.9 Å². The summed E-state index contributed by atoms with van der Waals surface area (Å²) in [5, 5.41) is 5.74. The van der Waals surface area contributed by atoms with Crippen molar-refractivity contribution in [3.05, 3.63) is 77.4 Å². The third kappa shape index (κ3) is 4.28. The molecule has 27 heavy (non-hydrogen) atoms. The molecule has 0 spiro atoms. The molecule has 3 aromatic rings. The van der Waals surface area contributed by atoms with E-state index in [1.165, 1.54) is 24.4 Å². The maximum atomic E-state index is 13.7. The molecule has 0 aliphatic carbocycles. The largest absolute Gasteiger partial charge is 0.324 e. The van der Waals surface area contributed by atoms with Crippen LogP contribution in [-0.4, -0.2) is 15.9 Å². The summed E-state index contributed by atoms with van der Waals surface area (Å²) >= 11 is 0. The number of anilines is 3. The number of para-hydroxylation sites is 2. The molecule has 1 heterocycles. The molecule has 0 bridgehead atoms. The molecule has 0 fully saturated rings. The number of aromatic nitrogens is 2. The molecule has 1 amide bonds. The van der Waals surface area contributed by atoms with Crippen LogP contribution in [-0.2, 0) is 0 Å². The van der Waals surface area contributed by atoms with Gasteiger partial charge in [-0.1, -0.05) is 44.2 Å². The van der Waals surface area contributed by atoms with Gasteiger partial charge in [0.25, 0.3) is 5.91 Å². The molecule has 2 N–H and O–H groups in total. The second kappa shape index (κ2) is 7.95. The molecular weight excluding hydrogens is 343 g/mol. The number of benzene rings is 2. The van der Waals surface area contributed by atoms with Crippen LogP contribution in [0.2, 0.25) is 0 Å². The SMILES string of the molecule is Cc1cccc(C(C)C)c1Nc1nccc(C(=O)Nc2ccccc2F)n1. The first-order valence-electron chi connectivity index (χ1n) is 8.71. The van der Waals surface area contributed by atoms with E-state index in [1.807, 2.05) is 19.1 Å². The molecule has 1 aromatic heterocycles. The molecule has 0 unspecified atom stereocenters. The number of halogens is 1. The van der Waals surface area contributed by atoms with E-state index >= 15 is 0 Å². The van der Waals surface area contributed by atoms with Gasteiger partial charge in [0.15, 0.2) is 0 Å². The first-order chi connectivity index (χ1) is 13.0. The van der Waals surface area contributed by atoms with E-state index in [2.05, 4.69) is 40.5 Å². The molecule has 0 saturated carbocycles. The molecule has 138 valence electrons. The van der Waals surface area contributed by atoms with E-state index in [9.17, 15) is 9.18 Å². The van der Waals surface area contributed by atoms with Gasteiger partial charge in [-0.05, 0) is 42.2 Å². The topological polar surface area (TPSA) is 66.9 Å². The zero-order valence-electron chi connectivity index (χ0n) is 15.5. The van der Waals surface area contributed by atoms with Crippen LogP contribution in [0.25, 0.3) is 0 Å². The van der Waals surface area contributed by atoms with E-state index in [-0.39, 0.29) is 11.4 Å². The summed E-state index contributed by atoms with van der Waals surface area (Å²) in [4.78, 5) is 20.9. The predicted molar refractivity (Wildman–Crippen MR) is 105 cm³/mol. The van der Waals surface area contributed by atoms with Gasteiger partial charge >= 0.3 is 0 Å². The highest BCUT2D eigenvalue weighted by Gasteiger charge is 2.14. The predicted octanol–water partition coefficient (Wildman–Crippen LogP) is 5.04. The van der Waals surface area contributed by atoms with Crippen molar-refractivity contribution < 1.29 is 9.18 Å². The zero-order valence-corrected chi connectivity index (χ0v) is 15.5. The second-order valence-electron chi connectivity index (χ2n) is 6.52. The van der Waals surface area contributed by atoms with Crippen LogP contribution in [0.3, 0.4) is 0 Å². The molecular formula is C21H21FN4O. The Morgan fingerprint density at radius 2 is 1.85 bits per heavy atom. The minimum absolute atomic E-state index is 0.108. The third-order valence-electron chi connectivity index (χ3n) is 4.17. The van der Waals surface area contributed by atoms with Crippen molar-refractivity contribution in [2.24, 2.45) is 0 Å². The van der Waals surface area contributed by atoms with Crippen molar-refractivity contribution in [2.45, 2.75) is 26.7 Å². The van der Waals surface area contributed by atoms with Crippen molar-refractivity contribution in [1.29, 1.82) is 0 Å². The van der Waals surface area contributed by atoms with Gasteiger partial charge < -0.3 is 10.6 Å². The van der Waals surface area contributed by atoms with E-state index in [4.69, 9.17) is 0 Å². The van der Waals surface area contributed by atoms with Gasteiger partial charge in [0.1, 0.15) is 11.5 Å². The molecule has 0 saturated heterocycles. The number of hydrogen-bond donors (Lipinski definition) is 2. The lowest BCUT2D eigenvalue weighted by molar-refractivity contribution is 0.102. The van der Waals surface area contributed by atoms with E-state index in [0.717, 1.165) is 16.8 Å². The average Bonchev–Trinajstić information content (AvgIpc) is 2.65. The highest BCUT2D eigenvalue weighted by Crippen LogP contribution is 2.29. The van der Waals surface area contributed by atoms with Crippen LogP contribution in [0.1, 0.15) is 41.4 Å². The Labute approximate surface area is 157 Å². The van der Waals surface area contributed by atoms with Gasteiger partial charge in [-0.15, -0.1) is 0 Å². The molecule has 2 aromatic carbocycles. The molecule has 5 nitrogen and oxygen atoms in total. The van der Waals surface area contributed by atoms with Crippen LogP contribution < -0.4 is 10.6 Å². The van der Waals surface area contributed by atoms with Crippen LogP contribution in [0.4, 0.5) is 21.7 Å². The summed E-state index contributed by atoms with van der Waals surface area (Å²) in [5.74, 6) is -0.369. The highest BCUT2D eigenvalue weighted by molar-refractivity contribution is 6.03. The lowest BCUT2D eigenvalue weighted by atomic mass is 9.98. The molecule has 0 radical (unpaired) electrons. The Bertz CT molecular complexity index is 972. The fourth-order valence-electron chi connectivity index (χ4n) is 2.75. The van der Waals surface area contributed by atoms with Crippen LogP contribution in [0.15, 0.2) is 54.7 Å². The molecule has 0 aliphatic rings. The summed E-state index contributed by atoms with van der Waals surface area (Å²) < 4.78 is 13.7. The summed E-state index contributed by atoms with van der Waals surface area (Å²) in [6.07, 6.45) is 1.50. The summed E-state index contributed by atoms with van der Waals surface area (Å²) in [5.41, 5.74) is 3.39. The normalized spacial score (nSPS) is 10.7. The number of nitrogens with zero attached hydrogens (tertiary/aromatic N) is 2.